The van der Waals surface area contributed by atoms with Gasteiger partial charge in [0.15, 0.2) is 11.5 Å². The highest BCUT2D eigenvalue weighted by Gasteiger charge is 2.20. The Morgan fingerprint density at radius 2 is 2.10 bits per heavy atom. The molecule has 0 bridgehead atoms. The van der Waals surface area contributed by atoms with Gasteiger partial charge in [0.25, 0.3) is 5.91 Å². The van der Waals surface area contributed by atoms with E-state index in [0.29, 0.717) is 23.5 Å². The predicted molar refractivity (Wildman–Crippen MR) is 82.5 cm³/mol. The summed E-state index contributed by atoms with van der Waals surface area (Å²) in [7, 11) is 3.01. The molecule has 5 nitrogen and oxygen atoms in total. The molecule has 0 radical (unpaired) electrons. The van der Waals surface area contributed by atoms with E-state index in [4.69, 9.17) is 27.4 Å². The van der Waals surface area contributed by atoms with E-state index < -0.39 is 0 Å². The minimum atomic E-state index is -0.321. The molecule has 0 aliphatic carbocycles. The third kappa shape index (κ3) is 3.84. The summed E-state index contributed by atoms with van der Waals surface area (Å²) in [6.45, 7) is 2.00. The predicted octanol–water partition coefficient (Wildman–Crippen LogP) is 1.89. The molecule has 1 atom stereocenters. The molecule has 0 spiro atoms. The third-order valence-corrected chi connectivity index (χ3v) is 3.16. The number of hydrogen-bond acceptors (Lipinski definition) is 4. The van der Waals surface area contributed by atoms with Gasteiger partial charge in [-0.15, -0.1) is 0 Å². The zero-order valence-electron chi connectivity index (χ0n) is 11.9. The number of rotatable bonds is 7. The van der Waals surface area contributed by atoms with Gasteiger partial charge in [-0.25, -0.2) is 0 Å². The van der Waals surface area contributed by atoms with Crippen LogP contribution >= 0.6 is 12.2 Å². The Hall–Kier alpha value is -1.82. The molecule has 20 heavy (non-hydrogen) atoms. The maximum absolute atomic E-state index is 12.3. The van der Waals surface area contributed by atoms with Gasteiger partial charge in [0.2, 0.25) is 0 Å². The number of thiocarbonyl (C=S) groups is 1. The second-order valence-corrected chi connectivity index (χ2v) is 4.73. The van der Waals surface area contributed by atoms with Gasteiger partial charge in [-0.2, -0.15) is 0 Å². The molecular weight excluding hydrogens is 276 g/mol. The number of carbonyl (C=O) groups excluding carboxylic acids is 1. The Morgan fingerprint density at radius 3 is 2.60 bits per heavy atom. The van der Waals surface area contributed by atoms with Crippen molar-refractivity contribution in [1.82, 2.24) is 5.32 Å². The van der Waals surface area contributed by atoms with Gasteiger partial charge in [0.1, 0.15) is 0 Å². The number of hydrogen-bond donors (Lipinski definition) is 2. The quantitative estimate of drug-likeness (QED) is 0.752. The second kappa shape index (κ2) is 7.69. The van der Waals surface area contributed by atoms with Crippen LogP contribution in [0.3, 0.4) is 0 Å². The molecule has 0 fully saturated rings. The van der Waals surface area contributed by atoms with Crippen molar-refractivity contribution in [3.63, 3.8) is 0 Å². The van der Waals surface area contributed by atoms with Crippen molar-refractivity contribution in [3.05, 3.63) is 23.8 Å². The number of ether oxygens (including phenoxy) is 2. The molecule has 1 aromatic rings. The molecule has 1 amide bonds. The summed E-state index contributed by atoms with van der Waals surface area (Å²) in [4.78, 5) is 12.6. The molecule has 1 rings (SSSR count). The van der Waals surface area contributed by atoms with Gasteiger partial charge in [-0.05, 0) is 18.6 Å². The van der Waals surface area contributed by atoms with Crippen LogP contribution in [-0.2, 0) is 0 Å². The van der Waals surface area contributed by atoms with Crippen molar-refractivity contribution in [2.24, 2.45) is 5.73 Å². The Labute approximate surface area is 124 Å². The first-order valence-corrected chi connectivity index (χ1v) is 6.77. The summed E-state index contributed by atoms with van der Waals surface area (Å²) >= 11 is 4.97. The molecule has 6 heteroatoms. The lowest BCUT2D eigenvalue weighted by Crippen LogP contribution is -2.43. The second-order valence-electron chi connectivity index (χ2n) is 4.26. The largest absolute Gasteiger partial charge is 0.493 e. The molecule has 110 valence electrons. The van der Waals surface area contributed by atoms with E-state index >= 15 is 0 Å². The number of benzene rings is 1. The summed E-state index contributed by atoms with van der Waals surface area (Å²) in [5.41, 5.74) is 6.03. The minimum absolute atomic E-state index is 0.280. The van der Waals surface area contributed by atoms with Crippen molar-refractivity contribution >= 4 is 23.1 Å². The van der Waals surface area contributed by atoms with E-state index in [0.717, 1.165) is 6.42 Å². The molecular formula is C14H20N2O3S. The van der Waals surface area contributed by atoms with Crippen molar-refractivity contribution in [2.75, 3.05) is 14.2 Å². The van der Waals surface area contributed by atoms with E-state index in [9.17, 15) is 4.79 Å². The molecule has 0 saturated carbocycles. The summed E-state index contributed by atoms with van der Waals surface area (Å²) in [5, 5.41) is 2.82. The minimum Gasteiger partial charge on any atom is -0.493 e. The number of para-hydroxylation sites is 1. The maximum Gasteiger partial charge on any atom is 0.255 e. The van der Waals surface area contributed by atoms with Gasteiger partial charge in [-0.3, -0.25) is 4.79 Å². The van der Waals surface area contributed by atoms with Crippen molar-refractivity contribution in [2.45, 2.75) is 25.8 Å². The Bertz CT molecular complexity index is 491. The molecule has 0 aromatic heterocycles. The molecule has 3 N–H and O–H groups in total. The van der Waals surface area contributed by atoms with Crippen LogP contribution in [0.5, 0.6) is 11.5 Å². The number of methoxy groups -OCH3 is 2. The zero-order valence-corrected chi connectivity index (χ0v) is 12.8. The highest BCUT2D eigenvalue weighted by molar-refractivity contribution is 7.80. The van der Waals surface area contributed by atoms with E-state index in [2.05, 4.69) is 5.32 Å². The summed E-state index contributed by atoms with van der Waals surface area (Å²) in [6, 6.07) is 4.80. The van der Waals surface area contributed by atoms with E-state index in [-0.39, 0.29) is 16.9 Å². The van der Waals surface area contributed by atoms with Gasteiger partial charge >= 0.3 is 0 Å². The van der Waals surface area contributed by atoms with Crippen molar-refractivity contribution in [1.29, 1.82) is 0 Å². The van der Waals surface area contributed by atoms with Gasteiger partial charge in [-0.1, -0.05) is 31.6 Å². The standard InChI is InChI=1S/C14H20N2O3S/c1-4-6-10(13(15)20)16-14(17)9-7-5-8-11(18-2)12(9)19-3/h5,7-8,10H,4,6H2,1-3H3,(H2,15,20)(H,16,17). The van der Waals surface area contributed by atoms with Gasteiger partial charge < -0.3 is 20.5 Å². The zero-order chi connectivity index (χ0) is 15.1. The van der Waals surface area contributed by atoms with E-state index in [1.165, 1.54) is 14.2 Å². The Kier molecular flexibility index (Phi) is 6.24. The first-order valence-electron chi connectivity index (χ1n) is 6.36. The normalized spacial score (nSPS) is 11.6. The maximum atomic E-state index is 12.3. The first-order chi connectivity index (χ1) is 9.54. The average Bonchev–Trinajstić information content (AvgIpc) is 2.45. The lowest BCUT2D eigenvalue weighted by molar-refractivity contribution is 0.0942. The van der Waals surface area contributed by atoms with Gasteiger partial charge in [0, 0.05) is 0 Å². The smallest absolute Gasteiger partial charge is 0.255 e. The summed E-state index contributed by atoms with van der Waals surface area (Å²) in [6.07, 6.45) is 1.57. The van der Waals surface area contributed by atoms with Crippen LogP contribution in [0, 0.1) is 0 Å². The fourth-order valence-corrected chi connectivity index (χ4v) is 2.05. The average molecular weight is 296 g/mol. The van der Waals surface area contributed by atoms with E-state index in [1.807, 2.05) is 6.92 Å². The van der Waals surface area contributed by atoms with Crippen LogP contribution in [0.15, 0.2) is 18.2 Å². The molecule has 0 heterocycles. The van der Waals surface area contributed by atoms with Crippen molar-refractivity contribution < 1.29 is 14.3 Å². The molecule has 0 saturated heterocycles. The summed E-state index contributed by atoms with van der Waals surface area (Å²) in [5.74, 6) is 0.611. The molecule has 0 aliphatic heterocycles. The number of nitrogens with one attached hydrogen (secondary N) is 1. The molecule has 1 aromatic carbocycles. The number of nitrogens with two attached hydrogens (primary N) is 1. The Morgan fingerprint density at radius 1 is 1.40 bits per heavy atom. The van der Waals surface area contributed by atoms with Crippen LogP contribution in [0.1, 0.15) is 30.1 Å². The monoisotopic (exact) mass is 296 g/mol. The van der Waals surface area contributed by atoms with Gasteiger partial charge in [0.05, 0.1) is 30.8 Å². The highest BCUT2D eigenvalue weighted by atomic mass is 32.1. The summed E-state index contributed by atoms with van der Waals surface area (Å²) < 4.78 is 10.4. The van der Waals surface area contributed by atoms with Crippen LogP contribution in [0.4, 0.5) is 0 Å². The van der Waals surface area contributed by atoms with E-state index in [1.54, 1.807) is 18.2 Å². The lowest BCUT2D eigenvalue weighted by Gasteiger charge is -2.18. The number of carbonyl (C=O) groups is 1. The Balaban J connectivity index is 2.99. The topological polar surface area (TPSA) is 73.6 Å². The van der Waals surface area contributed by atoms with Crippen LogP contribution in [-0.4, -0.2) is 31.2 Å². The highest BCUT2D eigenvalue weighted by Crippen LogP contribution is 2.30. The SMILES string of the molecule is CCCC(NC(=O)c1cccc(OC)c1OC)C(N)=S. The lowest BCUT2D eigenvalue weighted by atomic mass is 10.1. The van der Waals surface area contributed by atoms with Crippen molar-refractivity contribution in [3.8, 4) is 11.5 Å². The molecule has 0 aliphatic rings. The van der Waals surface area contributed by atoms with Crippen LogP contribution < -0.4 is 20.5 Å². The third-order valence-electron chi connectivity index (χ3n) is 2.87. The fourth-order valence-electron chi connectivity index (χ4n) is 1.88. The fraction of sp³-hybridized carbons (Fsp3) is 0.429. The molecule has 1 unspecified atom stereocenters. The van der Waals surface area contributed by atoms with Crippen LogP contribution in [0.25, 0.3) is 0 Å². The first kappa shape index (κ1) is 16.2. The van der Waals surface area contributed by atoms with Crippen LogP contribution in [0.2, 0.25) is 0 Å². The number of amides is 1.